The zero-order valence-corrected chi connectivity index (χ0v) is 16.6. The van der Waals surface area contributed by atoms with Crippen molar-refractivity contribution in [3.05, 3.63) is 48.0 Å². The van der Waals surface area contributed by atoms with Crippen LogP contribution in [-0.4, -0.2) is 46.5 Å². The van der Waals surface area contributed by atoms with Gasteiger partial charge in [-0.15, -0.1) is 0 Å². The van der Waals surface area contributed by atoms with Crippen LogP contribution in [0.2, 0.25) is 0 Å². The average molecular weight is 379 g/mol. The van der Waals surface area contributed by atoms with E-state index in [0.29, 0.717) is 5.92 Å². The highest BCUT2D eigenvalue weighted by atomic mass is 16.2. The largest absolute Gasteiger partial charge is 0.371 e. The second-order valence-corrected chi connectivity index (χ2v) is 8.68. The van der Waals surface area contributed by atoms with Gasteiger partial charge in [0.25, 0.3) is 5.91 Å². The van der Waals surface area contributed by atoms with E-state index in [1.807, 2.05) is 18.3 Å². The van der Waals surface area contributed by atoms with Gasteiger partial charge >= 0.3 is 0 Å². The number of imidazole rings is 1. The molecule has 0 unspecified atom stereocenters. The second kappa shape index (κ2) is 7.61. The predicted octanol–water partition coefficient (Wildman–Crippen LogP) is 3.91. The van der Waals surface area contributed by atoms with E-state index >= 15 is 0 Å². The molecule has 1 aromatic carbocycles. The van der Waals surface area contributed by atoms with Crippen LogP contribution in [0.5, 0.6) is 0 Å². The maximum absolute atomic E-state index is 13.4. The van der Waals surface area contributed by atoms with Gasteiger partial charge in [-0.25, -0.2) is 4.98 Å². The zero-order valence-electron chi connectivity index (χ0n) is 16.6. The number of piperidine rings is 1. The number of hydrogen-bond acceptors (Lipinski definition) is 3. The molecule has 5 rings (SSSR count). The number of aromatic nitrogens is 2. The molecule has 2 aromatic rings. The number of benzene rings is 1. The molecule has 5 nitrogen and oxygen atoms in total. The van der Waals surface area contributed by atoms with E-state index in [9.17, 15) is 4.79 Å². The number of nitrogens with zero attached hydrogens (tertiary/aromatic N) is 4. The van der Waals surface area contributed by atoms with Crippen molar-refractivity contribution in [3.8, 4) is 0 Å². The van der Waals surface area contributed by atoms with Crippen LogP contribution in [0, 0.1) is 5.92 Å². The summed E-state index contributed by atoms with van der Waals surface area (Å²) < 4.78 is 2.34. The highest BCUT2D eigenvalue weighted by Crippen LogP contribution is 2.34. The first-order chi connectivity index (χ1) is 13.8. The molecule has 5 heteroatoms. The van der Waals surface area contributed by atoms with Crippen molar-refractivity contribution in [2.75, 3.05) is 31.1 Å². The second-order valence-electron chi connectivity index (χ2n) is 8.68. The number of amides is 1. The van der Waals surface area contributed by atoms with Crippen molar-refractivity contribution in [2.24, 2.45) is 5.92 Å². The molecule has 0 radical (unpaired) electrons. The average Bonchev–Trinajstić information content (AvgIpc) is 3.20. The first-order valence-corrected chi connectivity index (χ1v) is 10.9. The van der Waals surface area contributed by atoms with Gasteiger partial charge in [-0.05, 0) is 56.6 Å². The third-order valence-corrected chi connectivity index (χ3v) is 6.55. The van der Waals surface area contributed by atoms with Gasteiger partial charge in [0.15, 0.2) is 0 Å². The van der Waals surface area contributed by atoms with Gasteiger partial charge < -0.3 is 14.4 Å². The lowest BCUT2D eigenvalue weighted by atomic mass is 9.96. The van der Waals surface area contributed by atoms with E-state index < -0.39 is 0 Å². The highest BCUT2D eigenvalue weighted by molar-refractivity contribution is 6.00. The molecule has 28 heavy (non-hydrogen) atoms. The molecule has 1 amide bonds. The SMILES string of the molecule is O=C(c1ccccc1N1CCCC1)N1CCC[C@H](c2nccn2CC2CC2)C1. The van der Waals surface area contributed by atoms with E-state index in [1.54, 1.807) is 0 Å². The monoisotopic (exact) mass is 378 g/mol. The van der Waals surface area contributed by atoms with Crippen LogP contribution in [-0.2, 0) is 6.54 Å². The molecule has 2 saturated heterocycles. The Bertz CT molecular complexity index is 835. The Kier molecular flexibility index (Phi) is 4.83. The van der Waals surface area contributed by atoms with E-state index in [4.69, 9.17) is 0 Å². The Balaban J connectivity index is 1.34. The number of rotatable bonds is 5. The quantitative estimate of drug-likeness (QED) is 0.792. The van der Waals surface area contributed by atoms with Gasteiger partial charge in [0.1, 0.15) is 5.82 Å². The number of hydrogen-bond donors (Lipinski definition) is 0. The summed E-state index contributed by atoms with van der Waals surface area (Å²) in [7, 11) is 0. The van der Waals surface area contributed by atoms with Gasteiger partial charge in [0.2, 0.25) is 0 Å². The number of likely N-dealkylation sites (tertiary alicyclic amines) is 1. The summed E-state index contributed by atoms with van der Waals surface area (Å²) in [5, 5.41) is 0. The molecule has 1 saturated carbocycles. The lowest BCUT2D eigenvalue weighted by Gasteiger charge is -2.34. The number of carbonyl (C=O) groups is 1. The van der Waals surface area contributed by atoms with Gasteiger partial charge in [-0.2, -0.15) is 0 Å². The summed E-state index contributed by atoms with van der Waals surface area (Å²) in [6, 6.07) is 8.17. The van der Waals surface area contributed by atoms with Crippen LogP contribution in [0.1, 0.15) is 60.6 Å². The number of carbonyl (C=O) groups excluding carboxylic acids is 1. The van der Waals surface area contributed by atoms with Crippen molar-refractivity contribution < 1.29 is 4.79 Å². The molecule has 0 bridgehead atoms. The molecule has 3 heterocycles. The van der Waals surface area contributed by atoms with Crippen molar-refractivity contribution in [2.45, 2.75) is 51.0 Å². The molecular formula is C23H30N4O. The summed E-state index contributed by atoms with van der Waals surface area (Å²) >= 11 is 0. The maximum atomic E-state index is 13.4. The van der Waals surface area contributed by atoms with E-state index in [-0.39, 0.29) is 5.91 Å². The number of anilines is 1. The van der Waals surface area contributed by atoms with E-state index in [0.717, 1.165) is 62.7 Å². The molecular weight excluding hydrogens is 348 g/mol. The molecule has 3 fully saturated rings. The maximum Gasteiger partial charge on any atom is 0.255 e. The first-order valence-electron chi connectivity index (χ1n) is 10.9. The first kappa shape index (κ1) is 17.8. The Morgan fingerprint density at radius 3 is 2.68 bits per heavy atom. The number of para-hydroxylation sites is 1. The molecule has 2 aliphatic heterocycles. The summed E-state index contributed by atoms with van der Waals surface area (Å²) in [5.41, 5.74) is 1.98. The van der Waals surface area contributed by atoms with Crippen molar-refractivity contribution >= 4 is 11.6 Å². The van der Waals surface area contributed by atoms with Crippen LogP contribution in [0.25, 0.3) is 0 Å². The lowest BCUT2D eigenvalue weighted by molar-refractivity contribution is 0.0704. The van der Waals surface area contributed by atoms with E-state index in [2.05, 4.69) is 37.7 Å². The molecule has 3 aliphatic rings. The minimum Gasteiger partial charge on any atom is -0.371 e. The van der Waals surface area contributed by atoms with Crippen LogP contribution in [0.15, 0.2) is 36.7 Å². The predicted molar refractivity (Wildman–Crippen MR) is 111 cm³/mol. The van der Waals surface area contributed by atoms with Crippen LogP contribution < -0.4 is 4.90 Å². The Labute approximate surface area is 167 Å². The third kappa shape index (κ3) is 3.54. The van der Waals surface area contributed by atoms with Crippen molar-refractivity contribution in [3.63, 3.8) is 0 Å². The van der Waals surface area contributed by atoms with Gasteiger partial charge in [0, 0.05) is 56.7 Å². The summed E-state index contributed by atoms with van der Waals surface area (Å²) in [5.74, 6) is 2.55. The fourth-order valence-electron chi connectivity index (χ4n) is 4.84. The molecule has 0 N–H and O–H groups in total. The third-order valence-electron chi connectivity index (χ3n) is 6.55. The molecule has 1 aliphatic carbocycles. The summed E-state index contributed by atoms with van der Waals surface area (Å²) in [6.07, 6.45) is 11.4. The topological polar surface area (TPSA) is 41.4 Å². The molecule has 1 aromatic heterocycles. The fraction of sp³-hybridized carbons (Fsp3) is 0.565. The van der Waals surface area contributed by atoms with Gasteiger partial charge in [0.05, 0.1) is 5.56 Å². The smallest absolute Gasteiger partial charge is 0.255 e. The fourth-order valence-corrected chi connectivity index (χ4v) is 4.84. The van der Waals surface area contributed by atoms with Crippen LogP contribution >= 0.6 is 0 Å². The van der Waals surface area contributed by atoms with Crippen molar-refractivity contribution in [1.29, 1.82) is 0 Å². The minimum absolute atomic E-state index is 0.187. The lowest BCUT2D eigenvalue weighted by Crippen LogP contribution is -2.40. The highest BCUT2D eigenvalue weighted by Gasteiger charge is 2.31. The van der Waals surface area contributed by atoms with Crippen LogP contribution in [0.4, 0.5) is 5.69 Å². The molecule has 1 atom stereocenters. The molecule has 0 spiro atoms. The Morgan fingerprint density at radius 2 is 1.86 bits per heavy atom. The Hall–Kier alpha value is -2.30. The normalized spacial score (nSPS) is 22.6. The Morgan fingerprint density at radius 1 is 1.04 bits per heavy atom. The van der Waals surface area contributed by atoms with Gasteiger partial charge in [-0.3, -0.25) is 4.79 Å². The van der Waals surface area contributed by atoms with Crippen molar-refractivity contribution in [1.82, 2.24) is 14.5 Å². The summed E-state index contributed by atoms with van der Waals surface area (Å²) in [4.78, 5) is 22.6. The zero-order chi connectivity index (χ0) is 18.9. The standard InChI is InChI=1S/C23H30N4O/c28-23(20-7-1-2-8-21(20)25-12-3-4-13-25)27-14-5-6-19(17-27)22-24-11-15-26(22)16-18-9-10-18/h1-2,7-8,11,15,18-19H,3-6,9-10,12-14,16-17H2/t19-/m0/s1. The van der Waals surface area contributed by atoms with E-state index in [1.165, 1.54) is 31.5 Å². The minimum atomic E-state index is 0.187. The molecule has 148 valence electrons. The van der Waals surface area contributed by atoms with Crippen LogP contribution in [0.3, 0.4) is 0 Å². The van der Waals surface area contributed by atoms with Gasteiger partial charge in [-0.1, -0.05) is 12.1 Å². The summed E-state index contributed by atoms with van der Waals surface area (Å²) in [6.45, 7) is 4.86.